The van der Waals surface area contributed by atoms with E-state index in [-0.39, 0.29) is 0 Å². The van der Waals surface area contributed by atoms with Crippen LogP contribution in [0.3, 0.4) is 0 Å². The SMILES string of the molecule is C=C[Si]1(CCC)O[Si](C)(C)O[Si](C)(C)O1. The number of rotatable bonds is 3. The van der Waals surface area contributed by atoms with Gasteiger partial charge in [0, 0.05) is 0 Å². The summed E-state index contributed by atoms with van der Waals surface area (Å²) in [6.07, 6.45) is 1.08. The Hall–Kier alpha value is 0.271. The van der Waals surface area contributed by atoms with Crippen LogP contribution in [0.4, 0.5) is 0 Å². The maximum atomic E-state index is 6.14. The molecule has 1 heterocycles. The smallest absolute Gasteiger partial charge is 0.346 e. The van der Waals surface area contributed by atoms with Gasteiger partial charge in [0.1, 0.15) is 0 Å². The van der Waals surface area contributed by atoms with Crippen molar-refractivity contribution in [3.05, 3.63) is 12.3 Å². The molecule has 1 aliphatic heterocycles. The molecule has 6 heteroatoms. The van der Waals surface area contributed by atoms with E-state index in [1.807, 2.05) is 5.70 Å². The maximum absolute atomic E-state index is 6.14. The van der Waals surface area contributed by atoms with Crippen LogP contribution >= 0.6 is 0 Å². The molecule has 0 radical (unpaired) electrons. The Morgan fingerprint density at radius 1 is 1.00 bits per heavy atom. The van der Waals surface area contributed by atoms with Crippen molar-refractivity contribution in [2.45, 2.75) is 45.6 Å². The van der Waals surface area contributed by atoms with E-state index < -0.39 is 25.7 Å². The molecule has 88 valence electrons. The van der Waals surface area contributed by atoms with Crippen LogP contribution in [0.5, 0.6) is 0 Å². The van der Waals surface area contributed by atoms with Gasteiger partial charge in [0.2, 0.25) is 0 Å². The molecule has 0 aromatic heterocycles. The Bertz CT molecular complexity index is 237. The fourth-order valence-electron chi connectivity index (χ4n) is 2.12. The van der Waals surface area contributed by atoms with Crippen LogP contribution < -0.4 is 0 Å². The van der Waals surface area contributed by atoms with Gasteiger partial charge in [-0.3, -0.25) is 0 Å². The summed E-state index contributed by atoms with van der Waals surface area (Å²) >= 11 is 0. The lowest BCUT2D eigenvalue weighted by molar-refractivity contribution is 0.236. The molecule has 0 aromatic rings. The summed E-state index contributed by atoms with van der Waals surface area (Å²) in [4.78, 5) is 0. The van der Waals surface area contributed by atoms with Gasteiger partial charge in [-0.15, -0.1) is 6.58 Å². The Morgan fingerprint density at radius 3 is 1.80 bits per heavy atom. The van der Waals surface area contributed by atoms with Crippen molar-refractivity contribution >= 4 is 25.7 Å². The van der Waals surface area contributed by atoms with Crippen molar-refractivity contribution in [2.75, 3.05) is 0 Å². The molecule has 0 atom stereocenters. The molecule has 0 amide bonds. The first-order valence-corrected chi connectivity index (χ1v) is 13.2. The predicted molar refractivity (Wildman–Crippen MR) is 69.3 cm³/mol. The highest BCUT2D eigenvalue weighted by Gasteiger charge is 2.53. The standard InChI is InChI=1S/C9H22O3Si3/c1-7-9-15(8-2)11-13(3,4)10-14(5,6)12-15/h8H,2,7,9H2,1,3-6H3. The fourth-order valence-corrected chi connectivity index (χ4v) is 17.5. The number of hydrogen-bond donors (Lipinski definition) is 0. The molecule has 1 rings (SSSR count). The molecular formula is C9H22O3Si3. The number of hydrogen-bond acceptors (Lipinski definition) is 3. The lowest BCUT2D eigenvalue weighted by atomic mass is 10.6. The summed E-state index contributed by atoms with van der Waals surface area (Å²) in [5, 5.41) is 0. The van der Waals surface area contributed by atoms with E-state index in [1.54, 1.807) is 0 Å². The van der Waals surface area contributed by atoms with Crippen LogP contribution in [0.1, 0.15) is 13.3 Å². The molecule has 0 unspecified atom stereocenters. The van der Waals surface area contributed by atoms with Crippen LogP contribution in [0.2, 0.25) is 32.2 Å². The molecule has 0 aromatic carbocycles. The lowest BCUT2D eigenvalue weighted by Gasteiger charge is -2.48. The van der Waals surface area contributed by atoms with Gasteiger partial charge >= 0.3 is 25.7 Å². The highest BCUT2D eigenvalue weighted by molar-refractivity contribution is 6.94. The van der Waals surface area contributed by atoms with Gasteiger partial charge in [-0.25, -0.2) is 0 Å². The first kappa shape index (κ1) is 13.3. The zero-order valence-corrected chi connectivity index (χ0v) is 13.4. The average molecular weight is 263 g/mol. The normalized spacial score (nSPS) is 27.3. The summed E-state index contributed by atoms with van der Waals surface area (Å²) in [7, 11) is -6.15. The van der Waals surface area contributed by atoms with Gasteiger partial charge < -0.3 is 12.3 Å². The topological polar surface area (TPSA) is 27.7 Å². The molecule has 0 spiro atoms. The molecule has 1 saturated heterocycles. The summed E-state index contributed by atoms with van der Waals surface area (Å²) in [6, 6.07) is 0.993. The molecule has 3 nitrogen and oxygen atoms in total. The molecule has 0 bridgehead atoms. The predicted octanol–water partition coefficient (Wildman–Crippen LogP) is 3.03. The van der Waals surface area contributed by atoms with Crippen LogP contribution in [-0.4, -0.2) is 25.7 Å². The minimum Gasteiger partial charge on any atom is -0.416 e. The summed E-state index contributed by atoms with van der Waals surface area (Å²) in [5.41, 5.74) is 1.93. The molecule has 0 saturated carbocycles. The third-order valence-electron chi connectivity index (χ3n) is 2.24. The Morgan fingerprint density at radius 2 is 1.47 bits per heavy atom. The Kier molecular flexibility index (Phi) is 3.79. The fraction of sp³-hybridized carbons (Fsp3) is 0.778. The average Bonchev–Trinajstić information content (AvgIpc) is 1.98. The van der Waals surface area contributed by atoms with Gasteiger partial charge in [0.05, 0.1) is 0 Å². The second-order valence-corrected chi connectivity index (χ2v) is 15.5. The lowest BCUT2D eigenvalue weighted by Crippen LogP contribution is -2.65. The zero-order chi connectivity index (χ0) is 11.7. The van der Waals surface area contributed by atoms with Gasteiger partial charge in [0.15, 0.2) is 0 Å². The summed E-state index contributed by atoms with van der Waals surface area (Å²) in [5.74, 6) is 0. The van der Waals surface area contributed by atoms with Crippen molar-refractivity contribution in [3.8, 4) is 0 Å². The highest BCUT2D eigenvalue weighted by Crippen LogP contribution is 2.33. The van der Waals surface area contributed by atoms with Gasteiger partial charge in [-0.1, -0.05) is 19.0 Å². The second kappa shape index (κ2) is 4.27. The minimum atomic E-state index is -2.17. The van der Waals surface area contributed by atoms with E-state index in [0.717, 1.165) is 12.5 Å². The molecular weight excluding hydrogens is 240 g/mol. The van der Waals surface area contributed by atoms with Crippen LogP contribution in [0.15, 0.2) is 12.3 Å². The third kappa shape index (κ3) is 3.36. The van der Waals surface area contributed by atoms with Gasteiger partial charge in [0.25, 0.3) is 0 Å². The van der Waals surface area contributed by atoms with Crippen molar-refractivity contribution < 1.29 is 12.3 Å². The second-order valence-electron chi connectivity index (χ2n) is 4.87. The van der Waals surface area contributed by atoms with E-state index in [4.69, 9.17) is 12.3 Å². The Labute approximate surface area is 96.2 Å². The highest BCUT2D eigenvalue weighted by atomic mass is 28.5. The van der Waals surface area contributed by atoms with Crippen LogP contribution in [-0.2, 0) is 12.3 Å². The first-order valence-electron chi connectivity index (χ1n) is 5.48. The monoisotopic (exact) mass is 262 g/mol. The first-order chi connectivity index (χ1) is 6.74. The molecule has 1 fully saturated rings. The van der Waals surface area contributed by atoms with Crippen LogP contribution in [0, 0.1) is 0 Å². The largest absolute Gasteiger partial charge is 0.416 e. The zero-order valence-electron chi connectivity index (χ0n) is 10.4. The summed E-state index contributed by atoms with van der Waals surface area (Å²) in [6.45, 7) is 14.5. The third-order valence-corrected chi connectivity index (χ3v) is 14.7. The van der Waals surface area contributed by atoms with E-state index >= 15 is 0 Å². The molecule has 15 heavy (non-hydrogen) atoms. The summed E-state index contributed by atoms with van der Waals surface area (Å²) < 4.78 is 18.3. The quantitative estimate of drug-likeness (QED) is 0.732. The molecule has 0 aliphatic carbocycles. The molecule has 1 aliphatic rings. The van der Waals surface area contributed by atoms with Crippen molar-refractivity contribution in [1.29, 1.82) is 0 Å². The van der Waals surface area contributed by atoms with E-state index in [1.165, 1.54) is 0 Å². The van der Waals surface area contributed by atoms with Crippen molar-refractivity contribution in [1.82, 2.24) is 0 Å². The van der Waals surface area contributed by atoms with Crippen molar-refractivity contribution in [2.24, 2.45) is 0 Å². The maximum Gasteiger partial charge on any atom is 0.346 e. The van der Waals surface area contributed by atoms with Crippen LogP contribution in [0.25, 0.3) is 0 Å². The van der Waals surface area contributed by atoms with E-state index in [9.17, 15) is 0 Å². The van der Waals surface area contributed by atoms with Crippen molar-refractivity contribution in [3.63, 3.8) is 0 Å². The van der Waals surface area contributed by atoms with Gasteiger partial charge in [-0.05, 0) is 32.2 Å². The van der Waals surface area contributed by atoms with E-state index in [0.29, 0.717) is 0 Å². The van der Waals surface area contributed by atoms with Gasteiger partial charge in [-0.2, -0.15) is 0 Å². The minimum absolute atomic E-state index is 0.993. The van der Waals surface area contributed by atoms with E-state index in [2.05, 4.69) is 39.7 Å². The Balaban J connectivity index is 2.94. The molecule has 0 N–H and O–H groups in total.